The van der Waals surface area contributed by atoms with Gasteiger partial charge in [-0.15, -0.1) is 0 Å². The number of nitrogens with one attached hydrogen (secondary N) is 1. The summed E-state index contributed by atoms with van der Waals surface area (Å²) in [5.74, 6) is 0.699. The van der Waals surface area contributed by atoms with Gasteiger partial charge in [0.15, 0.2) is 0 Å². The number of carbonyl (C=O) groups excluding carboxylic acids is 1. The SMILES string of the molecule is CCCSP(=O)(OCC)Oc1cccc(NC(=O)c2ccc(C#N)cc2)c1. The molecule has 1 N–H and O–H groups in total. The van der Waals surface area contributed by atoms with Crippen LogP contribution >= 0.6 is 18.2 Å². The highest BCUT2D eigenvalue weighted by molar-refractivity contribution is 8.55. The van der Waals surface area contributed by atoms with E-state index in [-0.39, 0.29) is 12.5 Å². The molecule has 2 aromatic carbocycles. The maximum atomic E-state index is 12.8. The van der Waals surface area contributed by atoms with Gasteiger partial charge < -0.3 is 9.84 Å². The number of amides is 1. The molecule has 2 aromatic rings. The van der Waals surface area contributed by atoms with Crippen molar-refractivity contribution in [3.05, 3.63) is 59.7 Å². The van der Waals surface area contributed by atoms with Crippen molar-refractivity contribution in [3.63, 3.8) is 0 Å². The van der Waals surface area contributed by atoms with Crippen molar-refractivity contribution in [2.24, 2.45) is 0 Å². The van der Waals surface area contributed by atoms with E-state index in [1.807, 2.05) is 13.0 Å². The van der Waals surface area contributed by atoms with Gasteiger partial charge in [-0.25, -0.2) is 4.57 Å². The Morgan fingerprint density at radius 3 is 2.59 bits per heavy atom. The normalized spacial score (nSPS) is 12.6. The Labute approximate surface area is 163 Å². The first-order valence-corrected chi connectivity index (χ1v) is 11.6. The van der Waals surface area contributed by atoms with Gasteiger partial charge in [-0.1, -0.05) is 13.0 Å². The molecule has 0 saturated carbocycles. The van der Waals surface area contributed by atoms with Crippen LogP contribution in [0.4, 0.5) is 5.69 Å². The number of nitriles is 1. The Morgan fingerprint density at radius 2 is 1.96 bits per heavy atom. The molecule has 6 nitrogen and oxygen atoms in total. The Bertz CT molecular complexity index is 865. The zero-order valence-electron chi connectivity index (χ0n) is 15.2. The maximum absolute atomic E-state index is 12.8. The fraction of sp³-hybridized carbons (Fsp3) is 0.263. The van der Waals surface area contributed by atoms with Crippen LogP contribution < -0.4 is 9.84 Å². The van der Waals surface area contributed by atoms with Gasteiger partial charge in [0.25, 0.3) is 5.91 Å². The summed E-state index contributed by atoms with van der Waals surface area (Å²) < 4.78 is 23.7. The van der Waals surface area contributed by atoms with Crippen LogP contribution in [0.3, 0.4) is 0 Å². The molecule has 1 atom stereocenters. The molecule has 0 aliphatic carbocycles. The number of anilines is 1. The average molecular weight is 404 g/mol. The molecule has 8 heteroatoms. The van der Waals surface area contributed by atoms with E-state index in [0.29, 0.717) is 28.3 Å². The van der Waals surface area contributed by atoms with Gasteiger partial charge in [0.2, 0.25) is 0 Å². The van der Waals surface area contributed by atoms with Crippen LogP contribution in [0.25, 0.3) is 0 Å². The summed E-state index contributed by atoms with van der Waals surface area (Å²) in [6.07, 6.45) is 0.853. The molecule has 0 heterocycles. The van der Waals surface area contributed by atoms with Crippen molar-refractivity contribution in [2.45, 2.75) is 20.3 Å². The van der Waals surface area contributed by atoms with E-state index in [0.717, 1.165) is 17.8 Å². The summed E-state index contributed by atoms with van der Waals surface area (Å²) in [6, 6.07) is 15.0. The molecule has 0 radical (unpaired) electrons. The second-order valence-corrected chi connectivity index (χ2v) is 9.58. The van der Waals surface area contributed by atoms with Gasteiger partial charge >= 0.3 is 6.80 Å². The van der Waals surface area contributed by atoms with Gasteiger partial charge in [-0.05, 0) is 61.1 Å². The highest BCUT2D eigenvalue weighted by Gasteiger charge is 2.26. The lowest BCUT2D eigenvalue weighted by atomic mass is 10.1. The predicted octanol–water partition coefficient (Wildman–Crippen LogP) is 5.48. The minimum atomic E-state index is -3.31. The smallest absolute Gasteiger partial charge is 0.417 e. The molecule has 0 bridgehead atoms. The number of carbonyl (C=O) groups is 1. The molecular formula is C19H21N2O4PS. The Hall–Kier alpha value is -2.26. The van der Waals surface area contributed by atoms with Gasteiger partial charge in [0.05, 0.1) is 18.2 Å². The van der Waals surface area contributed by atoms with E-state index >= 15 is 0 Å². The topological polar surface area (TPSA) is 88.4 Å². The molecule has 1 unspecified atom stereocenters. The van der Waals surface area contributed by atoms with Gasteiger partial charge in [0, 0.05) is 23.1 Å². The lowest BCUT2D eigenvalue weighted by Gasteiger charge is -2.18. The average Bonchev–Trinajstić information content (AvgIpc) is 2.67. The van der Waals surface area contributed by atoms with Crippen LogP contribution in [0.5, 0.6) is 5.75 Å². The van der Waals surface area contributed by atoms with Gasteiger partial charge in [-0.2, -0.15) is 5.26 Å². The zero-order chi connectivity index (χ0) is 19.7. The predicted molar refractivity (Wildman–Crippen MR) is 108 cm³/mol. The van der Waals surface area contributed by atoms with E-state index in [9.17, 15) is 9.36 Å². The molecular weight excluding hydrogens is 383 g/mol. The summed E-state index contributed by atoms with van der Waals surface area (Å²) >= 11 is 1.16. The molecule has 0 aromatic heterocycles. The van der Waals surface area contributed by atoms with Crippen LogP contribution in [-0.4, -0.2) is 18.3 Å². The number of rotatable bonds is 9. The van der Waals surface area contributed by atoms with Crippen LogP contribution in [-0.2, 0) is 9.09 Å². The molecule has 1 amide bonds. The van der Waals surface area contributed by atoms with Crippen molar-refractivity contribution in [1.29, 1.82) is 5.26 Å². The zero-order valence-corrected chi connectivity index (χ0v) is 16.9. The first-order valence-electron chi connectivity index (χ1n) is 8.50. The van der Waals surface area contributed by atoms with Gasteiger partial charge in [0.1, 0.15) is 5.75 Å². The number of nitrogens with zero attached hydrogens (tertiary/aromatic N) is 1. The monoisotopic (exact) mass is 404 g/mol. The largest absolute Gasteiger partial charge is 0.440 e. The third-order valence-electron chi connectivity index (χ3n) is 3.33. The first-order chi connectivity index (χ1) is 13.0. The molecule has 27 heavy (non-hydrogen) atoms. The summed E-state index contributed by atoms with van der Waals surface area (Å²) in [7, 11) is 0. The summed E-state index contributed by atoms with van der Waals surface area (Å²) in [4.78, 5) is 12.3. The van der Waals surface area contributed by atoms with E-state index in [4.69, 9.17) is 14.3 Å². The van der Waals surface area contributed by atoms with E-state index in [1.165, 1.54) is 0 Å². The molecule has 0 aliphatic rings. The van der Waals surface area contributed by atoms with E-state index < -0.39 is 6.80 Å². The lowest BCUT2D eigenvalue weighted by Crippen LogP contribution is -2.11. The molecule has 142 valence electrons. The summed E-state index contributed by atoms with van der Waals surface area (Å²) in [5, 5.41) is 11.6. The van der Waals surface area contributed by atoms with Crippen molar-refractivity contribution in [1.82, 2.24) is 0 Å². The molecule has 0 spiro atoms. The number of benzene rings is 2. The highest BCUT2D eigenvalue weighted by Crippen LogP contribution is 2.60. The number of hydrogen-bond acceptors (Lipinski definition) is 6. The van der Waals surface area contributed by atoms with E-state index in [2.05, 4.69) is 5.32 Å². The van der Waals surface area contributed by atoms with Crippen LogP contribution in [0, 0.1) is 11.3 Å². The lowest BCUT2D eigenvalue weighted by molar-refractivity contribution is 0.102. The van der Waals surface area contributed by atoms with Gasteiger partial charge in [-0.3, -0.25) is 9.32 Å². The van der Waals surface area contributed by atoms with Crippen LogP contribution in [0.2, 0.25) is 0 Å². The molecule has 2 rings (SSSR count). The van der Waals surface area contributed by atoms with Crippen molar-refractivity contribution >= 4 is 29.8 Å². The fourth-order valence-corrected chi connectivity index (χ4v) is 5.56. The minimum Gasteiger partial charge on any atom is -0.417 e. The maximum Gasteiger partial charge on any atom is 0.440 e. The fourth-order valence-electron chi connectivity index (χ4n) is 2.11. The third kappa shape index (κ3) is 6.44. The molecule has 0 aliphatic heterocycles. The van der Waals surface area contributed by atoms with Crippen molar-refractivity contribution in [2.75, 3.05) is 17.7 Å². The second kappa shape index (κ2) is 10.2. The Kier molecular flexibility index (Phi) is 7.93. The summed E-state index contributed by atoms with van der Waals surface area (Å²) in [6.45, 7) is 0.725. The Morgan fingerprint density at radius 1 is 1.22 bits per heavy atom. The third-order valence-corrected chi connectivity index (χ3v) is 7.28. The van der Waals surface area contributed by atoms with Crippen LogP contribution in [0.15, 0.2) is 48.5 Å². The summed E-state index contributed by atoms with van der Waals surface area (Å²) in [5.41, 5.74) is 1.42. The molecule has 0 saturated heterocycles. The van der Waals surface area contributed by atoms with Crippen molar-refractivity contribution in [3.8, 4) is 11.8 Å². The van der Waals surface area contributed by atoms with Crippen molar-refractivity contribution < 1.29 is 18.4 Å². The Balaban J connectivity index is 2.10. The quantitative estimate of drug-likeness (QED) is 0.557. The number of hydrogen-bond donors (Lipinski definition) is 1. The van der Waals surface area contributed by atoms with E-state index in [1.54, 1.807) is 55.5 Å². The standard InChI is InChI=1S/C19H21N2O4PS/c1-3-12-27-26(23,24-4-2)25-18-7-5-6-17(13-18)21-19(22)16-10-8-15(14-20)9-11-16/h5-11,13H,3-4,12H2,1-2H3,(H,21,22). The second-order valence-electron chi connectivity index (χ2n) is 5.46. The highest BCUT2D eigenvalue weighted by atomic mass is 32.7. The minimum absolute atomic E-state index is 0.281. The molecule has 0 fully saturated rings. The first kappa shape index (κ1) is 21.0. The van der Waals surface area contributed by atoms with Crippen LogP contribution in [0.1, 0.15) is 36.2 Å².